The maximum Gasteiger partial charge on any atom is 0.203 e. The van der Waals surface area contributed by atoms with Gasteiger partial charge in [0, 0.05) is 6.42 Å². The highest BCUT2D eigenvalue weighted by Gasteiger charge is 2.39. The highest BCUT2D eigenvalue weighted by molar-refractivity contribution is 7.95. The zero-order chi connectivity index (χ0) is 17.5. The van der Waals surface area contributed by atoms with Crippen molar-refractivity contribution in [2.24, 2.45) is 0 Å². The van der Waals surface area contributed by atoms with Crippen LogP contribution in [0.1, 0.15) is 32.1 Å². The number of benzene rings is 1. The monoisotopic (exact) mass is 360 g/mol. The van der Waals surface area contributed by atoms with Crippen LogP contribution in [-0.4, -0.2) is 22.3 Å². The third kappa shape index (κ3) is 2.95. The van der Waals surface area contributed by atoms with Gasteiger partial charge in [-0.3, -0.25) is 4.79 Å². The molecule has 0 aliphatic heterocycles. The van der Waals surface area contributed by atoms with E-state index in [0.29, 0.717) is 16.2 Å². The average Bonchev–Trinajstić information content (AvgIpc) is 2.70. The average molecular weight is 361 g/mol. The first-order valence-corrected chi connectivity index (χ1v) is 13.5. The standard InChI is InChI=1S/C19H24O3SSi/c1-24(2,3)19-15-11-7-8-12-18(16(15)13-17(19)20)23(21,22)14-9-5-4-6-10-14/h4-6,9-10H,7-8,11-13H2,1-3H3. The summed E-state index contributed by atoms with van der Waals surface area (Å²) in [4.78, 5) is 13.5. The van der Waals surface area contributed by atoms with Crippen LogP contribution in [-0.2, 0) is 14.6 Å². The summed E-state index contributed by atoms with van der Waals surface area (Å²) in [6, 6.07) is 8.61. The molecule has 0 unspecified atom stereocenters. The molecule has 0 aromatic heterocycles. The van der Waals surface area contributed by atoms with Crippen LogP contribution >= 0.6 is 0 Å². The molecule has 24 heavy (non-hydrogen) atoms. The molecule has 5 heteroatoms. The lowest BCUT2D eigenvalue weighted by Gasteiger charge is -2.19. The summed E-state index contributed by atoms with van der Waals surface area (Å²) in [7, 11) is -5.31. The van der Waals surface area contributed by atoms with E-state index in [4.69, 9.17) is 0 Å². The first kappa shape index (κ1) is 17.4. The van der Waals surface area contributed by atoms with Gasteiger partial charge < -0.3 is 0 Å². The van der Waals surface area contributed by atoms with Crippen LogP contribution in [0.25, 0.3) is 0 Å². The Hall–Kier alpha value is -1.46. The minimum Gasteiger partial charge on any atom is -0.295 e. The molecule has 0 amide bonds. The molecule has 1 aromatic rings. The van der Waals surface area contributed by atoms with Crippen LogP contribution < -0.4 is 0 Å². The molecule has 0 fully saturated rings. The van der Waals surface area contributed by atoms with Gasteiger partial charge in [0.1, 0.15) is 0 Å². The van der Waals surface area contributed by atoms with Gasteiger partial charge in [-0.1, -0.05) is 37.8 Å². The van der Waals surface area contributed by atoms with Crippen molar-refractivity contribution in [2.45, 2.75) is 56.6 Å². The van der Waals surface area contributed by atoms with Crippen molar-refractivity contribution in [2.75, 3.05) is 0 Å². The molecule has 0 bridgehead atoms. The lowest BCUT2D eigenvalue weighted by Crippen LogP contribution is -2.28. The van der Waals surface area contributed by atoms with E-state index >= 15 is 0 Å². The number of allylic oxidation sites excluding steroid dienone is 4. The van der Waals surface area contributed by atoms with Gasteiger partial charge in [-0.2, -0.15) is 0 Å². The van der Waals surface area contributed by atoms with E-state index in [9.17, 15) is 13.2 Å². The first-order chi connectivity index (χ1) is 11.2. The molecular weight excluding hydrogens is 336 g/mol. The summed E-state index contributed by atoms with van der Waals surface area (Å²) in [5.41, 5.74) is 1.88. The molecule has 3 nitrogen and oxygen atoms in total. The lowest BCUT2D eigenvalue weighted by molar-refractivity contribution is -0.114. The fourth-order valence-corrected chi connectivity index (χ4v) is 7.70. The van der Waals surface area contributed by atoms with Gasteiger partial charge in [-0.15, -0.1) is 0 Å². The number of Topliss-reactive ketones (excluding diaryl/α,β-unsaturated/α-hetero) is 1. The van der Waals surface area contributed by atoms with Crippen molar-refractivity contribution in [3.63, 3.8) is 0 Å². The second kappa shape index (κ2) is 6.12. The topological polar surface area (TPSA) is 51.2 Å². The minimum absolute atomic E-state index is 0.154. The zero-order valence-corrected chi connectivity index (χ0v) is 16.4. The number of rotatable bonds is 3. The first-order valence-electron chi connectivity index (χ1n) is 8.52. The Bertz CT molecular complexity index is 840. The fourth-order valence-electron chi connectivity index (χ4n) is 3.87. The zero-order valence-electron chi connectivity index (χ0n) is 14.6. The van der Waals surface area contributed by atoms with Gasteiger partial charge in [0.2, 0.25) is 9.84 Å². The summed E-state index contributed by atoms with van der Waals surface area (Å²) in [5, 5.41) is 0.972. The molecule has 2 aliphatic rings. The maximum atomic E-state index is 13.2. The minimum atomic E-state index is -3.52. The number of hydrogen-bond acceptors (Lipinski definition) is 3. The molecule has 0 atom stereocenters. The molecule has 1 aromatic carbocycles. The van der Waals surface area contributed by atoms with E-state index in [-0.39, 0.29) is 12.2 Å². The molecule has 0 radical (unpaired) electrons. The third-order valence-electron chi connectivity index (χ3n) is 4.83. The van der Waals surface area contributed by atoms with Crippen molar-refractivity contribution < 1.29 is 13.2 Å². The number of fused-ring (bicyclic) bond motifs is 1. The van der Waals surface area contributed by atoms with E-state index in [2.05, 4.69) is 19.6 Å². The van der Waals surface area contributed by atoms with Gasteiger partial charge >= 0.3 is 0 Å². The van der Waals surface area contributed by atoms with Crippen molar-refractivity contribution in [1.82, 2.24) is 0 Å². The Labute approximate surface area is 145 Å². The maximum absolute atomic E-state index is 13.2. The molecule has 0 spiro atoms. The van der Waals surface area contributed by atoms with Gasteiger partial charge in [0.25, 0.3) is 0 Å². The van der Waals surface area contributed by atoms with Crippen LogP contribution in [0, 0.1) is 0 Å². The van der Waals surface area contributed by atoms with E-state index in [0.717, 1.165) is 35.6 Å². The Balaban J connectivity index is 2.23. The molecular formula is C19H24O3SSi. The van der Waals surface area contributed by atoms with Crippen molar-refractivity contribution >= 4 is 23.7 Å². The summed E-state index contributed by atoms with van der Waals surface area (Å²) in [6.07, 6.45) is 3.47. The van der Waals surface area contributed by atoms with E-state index in [1.165, 1.54) is 0 Å². The van der Waals surface area contributed by atoms with Crippen LogP contribution in [0.3, 0.4) is 0 Å². The Morgan fingerprint density at radius 1 is 0.917 bits per heavy atom. The second-order valence-electron chi connectivity index (χ2n) is 7.63. The van der Waals surface area contributed by atoms with Crippen molar-refractivity contribution in [1.29, 1.82) is 0 Å². The van der Waals surface area contributed by atoms with Crippen LogP contribution in [0.4, 0.5) is 0 Å². The summed E-state index contributed by atoms with van der Waals surface area (Å²) in [6.45, 7) is 6.52. The molecule has 0 saturated heterocycles. The van der Waals surface area contributed by atoms with Crippen LogP contribution in [0.2, 0.25) is 19.6 Å². The van der Waals surface area contributed by atoms with Gasteiger partial charge in [-0.05, 0) is 54.2 Å². The van der Waals surface area contributed by atoms with Crippen LogP contribution in [0.15, 0.2) is 56.5 Å². The molecule has 128 valence electrons. The lowest BCUT2D eigenvalue weighted by atomic mass is 10.1. The summed E-state index contributed by atoms with van der Waals surface area (Å²) < 4.78 is 26.3. The van der Waals surface area contributed by atoms with E-state index < -0.39 is 17.9 Å². The Morgan fingerprint density at radius 3 is 2.17 bits per heavy atom. The molecule has 0 heterocycles. The Kier molecular flexibility index (Phi) is 4.42. The van der Waals surface area contributed by atoms with Crippen LogP contribution in [0.5, 0.6) is 0 Å². The molecule has 0 saturated carbocycles. The number of carbonyl (C=O) groups excluding carboxylic acids is 1. The van der Waals surface area contributed by atoms with Gasteiger partial charge in [0.05, 0.1) is 17.9 Å². The van der Waals surface area contributed by atoms with E-state index in [1.54, 1.807) is 24.3 Å². The molecule has 2 aliphatic carbocycles. The third-order valence-corrected chi connectivity index (χ3v) is 8.90. The molecule has 0 N–H and O–H groups in total. The van der Waals surface area contributed by atoms with Crippen molar-refractivity contribution in [3.8, 4) is 0 Å². The molecule has 3 rings (SSSR count). The van der Waals surface area contributed by atoms with Gasteiger partial charge in [-0.25, -0.2) is 8.42 Å². The Morgan fingerprint density at radius 2 is 1.54 bits per heavy atom. The summed E-state index contributed by atoms with van der Waals surface area (Å²) in [5.74, 6) is 0.154. The SMILES string of the molecule is C[Si](C)(C)C1=C2CCCCC(S(=O)(=O)c3ccccc3)=C2CC1=O. The highest BCUT2D eigenvalue weighted by atomic mass is 32.2. The largest absolute Gasteiger partial charge is 0.295 e. The van der Waals surface area contributed by atoms with E-state index in [1.807, 2.05) is 6.07 Å². The number of sulfone groups is 1. The predicted octanol–water partition coefficient (Wildman–Crippen LogP) is 4.44. The number of ketones is 1. The number of carbonyl (C=O) groups is 1. The van der Waals surface area contributed by atoms with Gasteiger partial charge in [0.15, 0.2) is 5.78 Å². The smallest absolute Gasteiger partial charge is 0.203 e. The quantitative estimate of drug-likeness (QED) is 0.749. The van der Waals surface area contributed by atoms with Crippen molar-refractivity contribution in [3.05, 3.63) is 51.6 Å². The fraction of sp³-hybridized carbons (Fsp3) is 0.421. The second-order valence-corrected chi connectivity index (χ2v) is 14.6. The predicted molar refractivity (Wildman–Crippen MR) is 99.1 cm³/mol. The normalized spacial score (nSPS) is 19.5. The summed E-state index contributed by atoms with van der Waals surface area (Å²) >= 11 is 0. The highest BCUT2D eigenvalue weighted by Crippen LogP contribution is 2.44. The number of hydrogen-bond donors (Lipinski definition) is 0.